The number of fused-ring (bicyclic) bond motifs is 5. The van der Waals surface area contributed by atoms with Gasteiger partial charge in [0.1, 0.15) is 0 Å². The Morgan fingerprint density at radius 1 is 0.526 bits per heavy atom. The minimum absolute atomic E-state index is 0.0634. The van der Waals surface area contributed by atoms with Crippen molar-refractivity contribution in [1.29, 1.82) is 0 Å². The molecular weight excluding hydrogens is 462 g/mol. The Bertz CT molecular complexity index is 1970. The number of benzene rings is 5. The number of nitrogens with zero attached hydrogens (tertiary/aromatic N) is 1. The van der Waals surface area contributed by atoms with E-state index in [1.165, 1.54) is 21.9 Å². The molecule has 5 aromatic carbocycles. The quantitative estimate of drug-likeness (QED) is 0.227. The monoisotopic (exact) mass is 487 g/mol. The van der Waals surface area contributed by atoms with Crippen LogP contribution in [0.15, 0.2) is 133 Å². The van der Waals surface area contributed by atoms with Crippen molar-refractivity contribution in [2.24, 2.45) is 0 Å². The van der Waals surface area contributed by atoms with E-state index in [0.29, 0.717) is 5.56 Å². The third-order valence-corrected chi connectivity index (χ3v) is 7.46. The van der Waals surface area contributed by atoms with Crippen molar-refractivity contribution in [3.8, 4) is 33.5 Å². The molecule has 0 fully saturated rings. The zero-order valence-corrected chi connectivity index (χ0v) is 21.1. The Balaban J connectivity index is 1.82. The van der Waals surface area contributed by atoms with Crippen molar-refractivity contribution < 1.29 is 4.79 Å². The van der Waals surface area contributed by atoms with Gasteiger partial charge in [-0.2, -0.15) is 0 Å². The van der Waals surface area contributed by atoms with Crippen molar-refractivity contribution in [2.75, 3.05) is 0 Å². The second-order valence-electron chi connectivity index (χ2n) is 9.71. The maximum absolute atomic E-state index is 12.5. The molecule has 0 unspecified atom stereocenters. The molecule has 0 N–H and O–H groups in total. The van der Waals surface area contributed by atoms with Gasteiger partial charge in [-0.05, 0) is 35.1 Å². The summed E-state index contributed by atoms with van der Waals surface area (Å²) < 4.78 is 2.39. The molecule has 0 aliphatic carbocycles. The van der Waals surface area contributed by atoms with Crippen LogP contribution in [0.1, 0.15) is 17.3 Å². The largest absolute Gasteiger partial charge is 0.307 e. The molecular formula is C36H25NO. The molecule has 180 valence electrons. The van der Waals surface area contributed by atoms with E-state index >= 15 is 0 Å². The van der Waals surface area contributed by atoms with Crippen LogP contribution in [0, 0.1) is 0 Å². The molecule has 0 saturated heterocycles. The molecule has 2 heterocycles. The Kier molecular flexibility index (Phi) is 5.19. The number of hydrogen-bond acceptors (Lipinski definition) is 1. The lowest BCUT2D eigenvalue weighted by Gasteiger charge is -2.19. The molecule has 0 amide bonds. The van der Waals surface area contributed by atoms with Crippen LogP contribution in [0.4, 0.5) is 0 Å². The molecule has 2 nitrogen and oxygen atoms in total. The van der Waals surface area contributed by atoms with E-state index in [0.717, 1.165) is 38.8 Å². The van der Waals surface area contributed by atoms with Crippen LogP contribution in [0.5, 0.6) is 0 Å². The number of pyridine rings is 1. The van der Waals surface area contributed by atoms with Crippen molar-refractivity contribution in [2.45, 2.75) is 6.92 Å². The van der Waals surface area contributed by atoms with Gasteiger partial charge in [0.25, 0.3) is 0 Å². The van der Waals surface area contributed by atoms with E-state index in [-0.39, 0.29) is 5.78 Å². The van der Waals surface area contributed by atoms with Crippen molar-refractivity contribution in [3.05, 3.63) is 139 Å². The molecule has 0 atom stereocenters. The van der Waals surface area contributed by atoms with Crippen molar-refractivity contribution in [1.82, 2.24) is 4.40 Å². The van der Waals surface area contributed by atoms with E-state index in [4.69, 9.17) is 0 Å². The summed E-state index contributed by atoms with van der Waals surface area (Å²) in [7, 11) is 0. The predicted octanol–water partition coefficient (Wildman–Crippen LogP) is 9.45. The summed E-state index contributed by atoms with van der Waals surface area (Å²) in [5, 5.41) is 3.52. The normalized spacial score (nSPS) is 11.4. The first-order chi connectivity index (χ1) is 18.7. The first-order valence-corrected chi connectivity index (χ1v) is 12.9. The lowest BCUT2D eigenvalue weighted by Crippen LogP contribution is -1.99. The second-order valence-corrected chi connectivity index (χ2v) is 9.71. The summed E-state index contributed by atoms with van der Waals surface area (Å²) in [6, 6.07) is 46.7. The van der Waals surface area contributed by atoms with E-state index in [2.05, 4.69) is 132 Å². The van der Waals surface area contributed by atoms with E-state index in [9.17, 15) is 4.79 Å². The minimum Gasteiger partial charge on any atom is -0.307 e. The van der Waals surface area contributed by atoms with E-state index in [1.807, 2.05) is 6.07 Å². The van der Waals surface area contributed by atoms with Gasteiger partial charge in [0.05, 0.1) is 16.7 Å². The van der Waals surface area contributed by atoms with Gasteiger partial charge in [0.15, 0.2) is 5.78 Å². The van der Waals surface area contributed by atoms with Crippen molar-refractivity contribution >= 4 is 33.0 Å². The highest BCUT2D eigenvalue weighted by molar-refractivity contribution is 6.20. The lowest BCUT2D eigenvalue weighted by molar-refractivity contribution is 0.101. The maximum atomic E-state index is 12.5. The number of aromatic nitrogens is 1. The molecule has 2 heteroatoms. The minimum atomic E-state index is 0.0634. The number of rotatable bonds is 4. The summed E-state index contributed by atoms with van der Waals surface area (Å²) in [6.07, 6.45) is 0. The van der Waals surface area contributed by atoms with Gasteiger partial charge in [-0.15, -0.1) is 0 Å². The zero-order valence-electron chi connectivity index (χ0n) is 21.1. The SMILES string of the molecule is CC(=O)c1ccc2c(-c3ccccc3)c3c4ccccc4c(-c4ccccc4)c(-c4ccccc4)n3c2c1. The van der Waals surface area contributed by atoms with Crippen LogP contribution in [0.3, 0.4) is 0 Å². The summed E-state index contributed by atoms with van der Waals surface area (Å²) in [5.74, 6) is 0.0634. The van der Waals surface area contributed by atoms with Crippen molar-refractivity contribution in [3.63, 3.8) is 0 Å². The van der Waals surface area contributed by atoms with Crippen LogP contribution in [0.25, 0.3) is 60.7 Å². The average molecular weight is 488 g/mol. The van der Waals surface area contributed by atoms with E-state index in [1.54, 1.807) is 6.92 Å². The highest BCUT2D eigenvalue weighted by Crippen LogP contribution is 2.47. The maximum Gasteiger partial charge on any atom is 0.159 e. The molecule has 0 saturated carbocycles. The van der Waals surface area contributed by atoms with Gasteiger partial charge in [-0.1, -0.05) is 127 Å². The standard InChI is InChI=1S/C36H25NO/c1-24(38)28-21-22-31-32(23-28)37-35(27-17-9-4-10-18-27)33(25-13-5-2-6-14-25)29-19-11-12-20-30(29)36(37)34(31)26-15-7-3-8-16-26/h2-23H,1H3. The summed E-state index contributed by atoms with van der Waals surface area (Å²) in [5.41, 5.74) is 9.85. The van der Waals surface area contributed by atoms with Gasteiger partial charge in [-0.25, -0.2) is 0 Å². The molecule has 0 spiro atoms. The number of Topliss-reactive ketones (excluding diaryl/α,β-unsaturated/α-hetero) is 1. The summed E-state index contributed by atoms with van der Waals surface area (Å²) in [4.78, 5) is 12.5. The first kappa shape index (κ1) is 22.3. The van der Waals surface area contributed by atoms with Gasteiger partial charge >= 0.3 is 0 Å². The Morgan fingerprint density at radius 3 is 1.66 bits per heavy atom. The van der Waals surface area contributed by atoms with Crippen LogP contribution >= 0.6 is 0 Å². The fourth-order valence-electron chi connectivity index (χ4n) is 5.80. The molecule has 7 rings (SSSR count). The van der Waals surface area contributed by atoms with E-state index < -0.39 is 0 Å². The zero-order chi connectivity index (χ0) is 25.6. The third-order valence-electron chi connectivity index (χ3n) is 7.46. The Hall–Kier alpha value is -4.95. The molecule has 0 aliphatic heterocycles. The molecule has 7 aromatic rings. The predicted molar refractivity (Wildman–Crippen MR) is 159 cm³/mol. The lowest BCUT2D eigenvalue weighted by atomic mass is 9.92. The van der Waals surface area contributed by atoms with Crippen LogP contribution in [-0.2, 0) is 0 Å². The molecule has 0 aliphatic rings. The smallest absolute Gasteiger partial charge is 0.159 e. The van der Waals surface area contributed by atoms with Crippen LogP contribution in [-0.4, -0.2) is 10.2 Å². The number of carbonyl (C=O) groups is 1. The van der Waals surface area contributed by atoms with Crippen LogP contribution in [0.2, 0.25) is 0 Å². The van der Waals surface area contributed by atoms with Gasteiger partial charge in [-0.3, -0.25) is 4.79 Å². The Labute approximate surface area is 221 Å². The molecule has 0 radical (unpaired) electrons. The molecule has 0 bridgehead atoms. The third kappa shape index (κ3) is 3.38. The van der Waals surface area contributed by atoms with Crippen LogP contribution < -0.4 is 0 Å². The number of ketones is 1. The highest BCUT2D eigenvalue weighted by Gasteiger charge is 2.24. The molecule has 38 heavy (non-hydrogen) atoms. The fraction of sp³-hybridized carbons (Fsp3) is 0.0278. The average Bonchev–Trinajstić information content (AvgIpc) is 3.32. The fourth-order valence-corrected chi connectivity index (χ4v) is 5.80. The second kappa shape index (κ2) is 8.86. The number of carbonyl (C=O) groups excluding carboxylic acids is 1. The first-order valence-electron chi connectivity index (χ1n) is 12.9. The number of hydrogen-bond donors (Lipinski definition) is 0. The van der Waals surface area contributed by atoms with Gasteiger partial charge in [0, 0.05) is 27.5 Å². The van der Waals surface area contributed by atoms with Gasteiger partial charge < -0.3 is 4.40 Å². The summed E-state index contributed by atoms with van der Waals surface area (Å²) >= 11 is 0. The Morgan fingerprint density at radius 2 is 1.05 bits per heavy atom. The van der Waals surface area contributed by atoms with Gasteiger partial charge in [0.2, 0.25) is 0 Å². The molecule has 2 aromatic heterocycles. The topological polar surface area (TPSA) is 21.5 Å². The highest BCUT2D eigenvalue weighted by atomic mass is 16.1. The summed E-state index contributed by atoms with van der Waals surface area (Å²) in [6.45, 7) is 1.64.